The fourth-order valence-corrected chi connectivity index (χ4v) is 2.85. The van der Waals surface area contributed by atoms with Crippen molar-refractivity contribution in [2.75, 3.05) is 14.2 Å². The Kier molecular flexibility index (Phi) is 10.1. The zero-order chi connectivity index (χ0) is 22.5. The molecule has 3 aromatic rings. The van der Waals surface area contributed by atoms with Gasteiger partial charge in [-0.25, -0.2) is 14.8 Å². The van der Waals surface area contributed by atoms with Gasteiger partial charge in [0.25, 0.3) is 5.91 Å². The number of carbonyl (C=O) groups excluding carboxylic acids is 1. The van der Waals surface area contributed by atoms with Crippen molar-refractivity contribution in [1.29, 1.82) is 0 Å². The number of aromatic nitrogens is 2. The molecule has 1 atom stereocenters. The highest BCUT2D eigenvalue weighted by molar-refractivity contribution is 5.94. The summed E-state index contributed by atoms with van der Waals surface area (Å²) in [6.07, 6.45) is 0. The molecule has 1 unspecified atom stereocenters. The maximum atomic E-state index is 12.8. The van der Waals surface area contributed by atoms with Crippen LogP contribution in [-0.2, 0) is 6.54 Å². The Labute approximate surface area is 202 Å². The van der Waals surface area contributed by atoms with E-state index >= 15 is 0 Å². The summed E-state index contributed by atoms with van der Waals surface area (Å²) >= 11 is 0. The zero-order valence-electron chi connectivity index (χ0n) is 18.0. The van der Waals surface area contributed by atoms with E-state index in [0.29, 0.717) is 22.8 Å². The van der Waals surface area contributed by atoms with Crippen molar-refractivity contribution in [3.8, 4) is 23.0 Å². The maximum absolute atomic E-state index is 12.8. The minimum absolute atomic E-state index is 0. The number of oxazole rings is 1. The summed E-state index contributed by atoms with van der Waals surface area (Å²) in [6, 6.07) is 9.04. The third kappa shape index (κ3) is 6.35. The third-order valence-electron chi connectivity index (χ3n) is 4.37. The van der Waals surface area contributed by atoms with Crippen LogP contribution >= 0.6 is 24.8 Å². The average Bonchev–Trinajstić information content (AvgIpc) is 3.23. The van der Waals surface area contributed by atoms with Crippen molar-refractivity contribution in [3.05, 3.63) is 59.2 Å². The van der Waals surface area contributed by atoms with Crippen LogP contribution in [0.4, 0.5) is 0 Å². The number of aromatic carboxylic acids is 1. The van der Waals surface area contributed by atoms with Gasteiger partial charge in [-0.1, -0.05) is 6.07 Å². The van der Waals surface area contributed by atoms with Gasteiger partial charge in [0.1, 0.15) is 5.69 Å². The summed E-state index contributed by atoms with van der Waals surface area (Å²) < 4.78 is 16.3. The molecule has 0 aliphatic rings. The number of carbonyl (C=O) groups is 2. The van der Waals surface area contributed by atoms with Crippen LogP contribution in [0.25, 0.3) is 11.5 Å². The summed E-state index contributed by atoms with van der Waals surface area (Å²) in [4.78, 5) is 32.1. The van der Waals surface area contributed by atoms with Gasteiger partial charge in [0, 0.05) is 5.56 Å². The zero-order valence-corrected chi connectivity index (χ0v) is 19.7. The van der Waals surface area contributed by atoms with E-state index in [2.05, 4.69) is 15.3 Å². The number of amides is 1. The molecule has 0 saturated heterocycles. The molecule has 178 valence electrons. The molecule has 2 aromatic heterocycles. The van der Waals surface area contributed by atoms with Gasteiger partial charge < -0.3 is 30.0 Å². The van der Waals surface area contributed by atoms with Crippen molar-refractivity contribution in [2.24, 2.45) is 5.73 Å². The summed E-state index contributed by atoms with van der Waals surface area (Å²) in [7, 11) is 3.04. The molecule has 0 saturated carbocycles. The lowest BCUT2D eigenvalue weighted by Crippen LogP contribution is -2.26. The van der Waals surface area contributed by atoms with Crippen LogP contribution in [0.1, 0.15) is 45.4 Å². The van der Waals surface area contributed by atoms with Crippen molar-refractivity contribution in [2.45, 2.75) is 19.5 Å². The number of nitrogens with two attached hydrogens (primary N) is 1. The lowest BCUT2D eigenvalue weighted by Gasteiger charge is -2.07. The second-order valence-electron chi connectivity index (χ2n) is 6.59. The molecule has 0 radical (unpaired) electrons. The topological polar surface area (TPSA) is 150 Å². The van der Waals surface area contributed by atoms with E-state index < -0.39 is 17.9 Å². The Balaban J connectivity index is 0.00000272. The van der Waals surface area contributed by atoms with Crippen LogP contribution in [0.3, 0.4) is 0 Å². The number of ether oxygens (including phenoxy) is 2. The quantitative estimate of drug-likeness (QED) is 0.424. The highest BCUT2D eigenvalue weighted by atomic mass is 35.5. The first kappa shape index (κ1) is 27.7. The molecule has 4 N–H and O–H groups in total. The van der Waals surface area contributed by atoms with E-state index in [-0.39, 0.29) is 54.4 Å². The lowest BCUT2D eigenvalue weighted by atomic mass is 10.2. The van der Waals surface area contributed by atoms with E-state index in [9.17, 15) is 9.59 Å². The molecular formula is C21H24Cl2N4O6. The highest BCUT2D eigenvalue weighted by Gasteiger charge is 2.24. The number of halogens is 2. The molecule has 33 heavy (non-hydrogen) atoms. The first-order chi connectivity index (χ1) is 14.8. The number of carboxylic acid groups (broad SMARTS) is 1. The molecule has 10 nitrogen and oxygen atoms in total. The van der Waals surface area contributed by atoms with Gasteiger partial charge in [-0.15, -0.1) is 24.8 Å². The Bertz CT molecular complexity index is 1120. The largest absolute Gasteiger partial charge is 0.493 e. The Morgan fingerprint density at radius 1 is 1.12 bits per heavy atom. The van der Waals surface area contributed by atoms with Gasteiger partial charge >= 0.3 is 5.97 Å². The van der Waals surface area contributed by atoms with Crippen LogP contribution in [0.2, 0.25) is 0 Å². The standard InChI is InChI=1S/C21H22N4O6.2ClH/c1-11(22)18-17(19(26)23-10-13-5-4-6-14(24-13)21(27)28)25-20(31-18)12-7-8-15(29-2)16(9-12)30-3;;/h4-9,11H,10,22H2,1-3H3,(H,23,26)(H,27,28);2*1H. The van der Waals surface area contributed by atoms with Gasteiger partial charge in [0.2, 0.25) is 5.89 Å². The molecular weight excluding hydrogens is 475 g/mol. The number of benzene rings is 1. The van der Waals surface area contributed by atoms with E-state index in [1.165, 1.54) is 20.3 Å². The third-order valence-corrected chi connectivity index (χ3v) is 4.37. The SMILES string of the molecule is COc1ccc(-c2nc(C(=O)NCc3cccc(C(=O)O)n3)c(C(C)N)o2)cc1OC.Cl.Cl. The fourth-order valence-electron chi connectivity index (χ4n) is 2.85. The smallest absolute Gasteiger partial charge is 0.354 e. The predicted molar refractivity (Wildman–Crippen MR) is 125 cm³/mol. The molecule has 1 amide bonds. The van der Waals surface area contributed by atoms with Crippen molar-refractivity contribution in [3.63, 3.8) is 0 Å². The van der Waals surface area contributed by atoms with Gasteiger partial charge in [-0.05, 0) is 37.3 Å². The number of hydrogen-bond donors (Lipinski definition) is 3. The maximum Gasteiger partial charge on any atom is 0.354 e. The van der Waals surface area contributed by atoms with E-state index in [1.807, 2.05) is 0 Å². The second-order valence-corrected chi connectivity index (χ2v) is 6.59. The molecule has 0 aliphatic heterocycles. The van der Waals surface area contributed by atoms with E-state index in [1.54, 1.807) is 37.3 Å². The summed E-state index contributed by atoms with van der Waals surface area (Å²) in [5.41, 5.74) is 6.86. The number of rotatable bonds is 8. The van der Waals surface area contributed by atoms with Gasteiger partial charge in [0.05, 0.1) is 32.5 Å². The number of carboxylic acids is 1. The molecule has 2 heterocycles. The number of hydrogen-bond acceptors (Lipinski definition) is 8. The fraction of sp³-hybridized carbons (Fsp3) is 0.238. The van der Waals surface area contributed by atoms with Crippen LogP contribution in [0, 0.1) is 0 Å². The Hall–Kier alpha value is -3.34. The Morgan fingerprint density at radius 2 is 1.82 bits per heavy atom. The number of nitrogens with one attached hydrogen (secondary N) is 1. The van der Waals surface area contributed by atoms with Gasteiger partial charge in [0.15, 0.2) is 23.0 Å². The molecule has 0 fully saturated rings. The summed E-state index contributed by atoms with van der Waals surface area (Å²) in [5.74, 6) is -0.233. The second kappa shape index (κ2) is 12.0. The first-order valence-corrected chi connectivity index (χ1v) is 9.30. The molecule has 12 heteroatoms. The molecule has 0 spiro atoms. The van der Waals surface area contributed by atoms with Crippen molar-refractivity contribution in [1.82, 2.24) is 15.3 Å². The number of pyridine rings is 1. The normalized spacial score (nSPS) is 10.9. The lowest BCUT2D eigenvalue weighted by molar-refractivity contribution is 0.0690. The molecule has 0 aliphatic carbocycles. The Morgan fingerprint density at radius 3 is 2.42 bits per heavy atom. The average molecular weight is 499 g/mol. The summed E-state index contributed by atoms with van der Waals surface area (Å²) in [6.45, 7) is 1.68. The van der Waals surface area contributed by atoms with Crippen LogP contribution in [0.15, 0.2) is 40.8 Å². The van der Waals surface area contributed by atoms with Crippen molar-refractivity contribution < 1.29 is 28.6 Å². The molecule has 1 aromatic carbocycles. The number of nitrogens with zero attached hydrogens (tertiary/aromatic N) is 2. The van der Waals surface area contributed by atoms with Crippen LogP contribution < -0.4 is 20.5 Å². The predicted octanol–water partition coefficient (Wildman–Crippen LogP) is 3.25. The monoisotopic (exact) mass is 498 g/mol. The van der Waals surface area contributed by atoms with Gasteiger partial charge in [-0.3, -0.25) is 4.79 Å². The first-order valence-electron chi connectivity index (χ1n) is 9.30. The molecule has 0 bridgehead atoms. The number of methoxy groups -OCH3 is 2. The van der Waals surface area contributed by atoms with E-state index in [4.69, 9.17) is 24.7 Å². The highest BCUT2D eigenvalue weighted by Crippen LogP contribution is 2.33. The van der Waals surface area contributed by atoms with Crippen LogP contribution in [-0.4, -0.2) is 41.2 Å². The van der Waals surface area contributed by atoms with Crippen LogP contribution in [0.5, 0.6) is 11.5 Å². The molecule has 3 rings (SSSR count). The van der Waals surface area contributed by atoms with E-state index in [0.717, 1.165) is 0 Å². The minimum atomic E-state index is -1.15. The van der Waals surface area contributed by atoms with Crippen molar-refractivity contribution >= 4 is 36.7 Å². The van der Waals surface area contributed by atoms with Gasteiger partial charge in [-0.2, -0.15) is 0 Å². The summed E-state index contributed by atoms with van der Waals surface area (Å²) in [5, 5.41) is 11.7. The minimum Gasteiger partial charge on any atom is -0.493 e.